The van der Waals surface area contributed by atoms with Gasteiger partial charge in [-0.25, -0.2) is 0 Å². The molecule has 3 unspecified atom stereocenters. The SMILES string of the molecule is CCSC1C(C)[C@@H]2[C@@H](CC[C@]3(C)CCC[C@@H]23)[C@@]2(C)CCC(=O)N(C)C12. The molecule has 0 aromatic heterocycles. The van der Waals surface area contributed by atoms with E-state index in [-0.39, 0.29) is 0 Å². The lowest BCUT2D eigenvalue weighted by Gasteiger charge is -2.65. The minimum absolute atomic E-state index is 0.330. The predicted molar refractivity (Wildman–Crippen MR) is 107 cm³/mol. The smallest absolute Gasteiger partial charge is 0.222 e. The molecule has 1 amide bonds. The van der Waals surface area contributed by atoms with Gasteiger partial charge in [0, 0.05) is 24.8 Å². The van der Waals surface area contributed by atoms with Crippen LogP contribution in [0.1, 0.15) is 72.6 Å². The second-order valence-corrected chi connectivity index (χ2v) is 11.6. The van der Waals surface area contributed by atoms with Gasteiger partial charge in [-0.3, -0.25) is 4.79 Å². The number of thioether (sulfide) groups is 1. The van der Waals surface area contributed by atoms with E-state index in [9.17, 15) is 4.79 Å². The summed E-state index contributed by atoms with van der Waals surface area (Å²) in [6, 6.07) is 0.445. The summed E-state index contributed by atoms with van der Waals surface area (Å²) in [5.41, 5.74) is 0.938. The summed E-state index contributed by atoms with van der Waals surface area (Å²) in [5, 5.41) is 0.619. The molecule has 0 aromatic carbocycles. The van der Waals surface area contributed by atoms with E-state index in [4.69, 9.17) is 0 Å². The molecule has 3 saturated carbocycles. The molecule has 0 spiro atoms. The molecule has 1 aliphatic heterocycles. The molecule has 0 radical (unpaired) electrons. The fourth-order valence-electron chi connectivity index (χ4n) is 7.93. The number of hydrogen-bond donors (Lipinski definition) is 0. The van der Waals surface area contributed by atoms with Crippen LogP contribution in [0.15, 0.2) is 0 Å². The van der Waals surface area contributed by atoms with Crippen LogP contribution in [0.4, 0.5) is 0 Å². The summed E-state index contributed by atoms with van der Waals surface area (Å²) in [6.45, 7) is 10.00. The quantitative estimate of drug-likeness (QED) is 0.670. The van der Waals surface area contributed by atoms with E-state index in [0.717, 1.165) is 36.5 Å². The van der Waals surface area contributed by atoms with E-state index < -0.39 is 0 Å². The standard InChI is InChI=1S/C22H37NOS/c1-6-25-19-14(2)18-15-8-7-11-21(15,3)12-9-16(18)22(4)13-10-17(24)23(5)20(19)22/h14-16,18-20H,6-13H2,1-5H3/t14?,15-,16+,18-,19?,20?,21-,22+/m0/s1. The van der Waals surface area contributed by atoms with Gasteiger partial charge in [0.15, 0.2) is 0 Å². The Balaban J connectivity index is 1.76. The van der Waals surface area contributed by atoms with Crippen LogP contribution in [0.2, 0.25) is 0 Å². The van der Waals surface area contributed by atoms with Crippen molar-refractivity contribution in [1.82, 2.24) is 4.90 Å². The molecule has 3 aliphatic carbocycles. The first kappa shape index (κ1) is 18.2. The average molecular weight is 364 g/mol. The molecule has 2 nitrogen and oxygen atoms in total. The highest BCUT2D eigenvalue weighted by molar-refractivity contribution is 7.99. The molecule has 0 aromatic rings. The van der Waals surface area contributed by atoms with Gasteiger partial charge in [-0.2, -0.15) is 11.8 Å². The summed E-state index contributed by atoms with van der Waals surface area (Å²) in [5.74, 6) is 4.94. The molecule has 142 valence electrons. The maximum atomic E-state index is 12.6. The van der Waals surface area contributed by atoms with Gasteiger partial charge in [0.2, 0.25) is 5.91 Å². The molecule has 4 fully saturated rings. The number of nitrogens with zero attached hydrogens (tertiary/aromatic N) is 1. The van der Waals surface area contributed by atoms with Gasteiger partial charge in [0.25, 0.3) is 0 Å². The second-order valence-electron chi connectivity index (χ2n) is 10.1. The highest BCUT2D eigenvalue weighted by Crippen LogP contribution is 2.67. The zero-order valence-corrected chi connectivity index (χ0v) is 17.7. The van der Waals surface area contributed by atoms with Crippen LogP contribution in [0, 0.1) is 34.5 Å². The molecule has 1 saturated heterocycles. The second kappa shape index (κ2) is 6.17. The number of carbonyl (C=O) groups excluding carboxylic acids is 1. The third kappa shape index (κ3) is 2.47. The first-order valence-electron chi connectivity index (χ1n) is 10.7. The van der Waals surface area contributed by atoms with Crippen LogP contribution in [-0.2, 0) is 4.79 Å². The summed E-state index contributed by atoms with van der Waals surface area (Å²) in [6.07, 6.45) is 9.09. The minimum atomic E-state index is 0.330. The Morgan fingerprint density at radius 1 is 1.16 bits per heavy atom. The molecule has 1 heterocycles. The molecule has 4 aliphatic rings. The number of rotatable bonds is 2. The van der Waals surface area contributed by atoms with E-state index in [1.165, 1.54) is 37.9 Å². The molecule has 4 rings (SSSR count). The topological polar surface area (TPSA) is 20.3 Å². The van der Waals surface area contributed by atoms with Crippen LogP contribution in [0.25, 0.3) is 0 Å². The van der Waals surface area contributed by atoms with Gasteiger partial charge in [-0.05, 0) is 72.4 Å². The lowest BCUT2D eigenvalue weighted by Crippen LogP contribution is -2.67. The Bertz CT molecular complexity index is 550. The summed E-state index contributed by atoms with van der Waals surface area (Å²) in [7, 11) is 2.10. The van der Waals surface area contributed by atoms with Crippen molar-refractivity contribution in [3.63, 3.8) is 0 Å². The van der Waals surface area contributed by atoms with Gasteiger partial charge >= 0.3 is 0 Å². The number of likely N-dealkylation sites (tertiary alicyclic amines) is 1. The van der Waals surface area contributed by atoms with Crippen molar-refractivity contribution in [2.75, 3.05) is 12.8 Å². The van der Waals surface area contributed by atoms with Gasteiger partial charge in [-0.1, -0.05) is 34.1 Å². The third-order valence-electron chi connectivity index (χ3n) is 9.12. The highest BCUT2D eigenvalue weighted by atomic mass is 32.2. The van der Waals surface area contributed by atoms with Crippen LogP contribution in [0.5, 0.6) is 0 Å². The van der Waals surface area contributed by atoms with Crippen molar-refractivity contribution in [3.05, 3.63) is 0 Å². The zero-order valence-electron chi connectivity index (χ0n) is 16.9. The van der Waals surface area contributed by atoms with Crippen LogP contribution < -0.4 is 0 Å². The lowest BCUT2D eigenvalue weighted by atomic mass is 9.45. The average Bonchev–Trinajstić information content (AvgIpc) is 2.97. The van der Waals surface area contributed by atoms with Crippen molar-refractivity contribution in [2.45, 2.75) is 83.9 Å². The van der Waals surface area contributed by atoms with Crippen molar-refractivity contribution < 1.29 is 4.79 Å². The minimum Gasteiger partial charge on any atom is -0.341 e. The van der Waals surface area contributed by atoms with E-state index >= 15 is 0 Å². The van der Waals surface area contributed by atoms with Gasteiger partial charge in [0.05, 0.1) is 0 Å². The van der Waals surface area contributed by atoms with Crippen molar-refractivity contribution in [3.8, 4) is 0 Å². The summed E-state index contributed by atoms with van der Waals surface area (Å²) < 4.78 is 0. The summed E-state index contributed by atoms with van der Waals surface area (Å²) >= 11 is 2.15. The lowest BCUT2D eigenvalue weighted by molar-refractivity contribution is -0.162. The number of hydrogen-bond acceptors (Lipinski definition) is 2. The predicted octanol–water partition coefficient (Wildman–Crippen LogP) is 5.22. The first-order valence-corrected chi connectivity index (χ1v) is 11.8. The molecular formula is C22H37NOS. The van der Waals surface area contributed by atoms with Crippen molar-refractivity contribution in [2.24, 2.45) is 34.5 Å². The third-order valence-corrected chi connectivity index (χ3v) is 10.5. The molecule has 0 bridgehead atoms. The van der Waals surface area contributed by atoms with E-state index in [2.05, 4.69) is 51.4 Å². The first-order chi connectivity index (χ1) is 11.8. The fourth-order valence-corrected chi connectivity index (χ4v) is 9.47. The summed E-state index contributed by atoms with van der Waals surface area (Å²) in [4.78, 5) is 14.7. The van der Waals surface area contributed by atoms with E-state index in [0.29, 0.717) is 28.0 Å². The Morgan fingerprint density at radius 3 is 2.64 bits per heavy atom. The van der Waals surface area contributed by atoms with Crippen molar-refractivity contribution >= 4 is 17.7 Å². The Labute approximate surface area is 158 Å². The number of amides is 1. The molecule has 25 heavy (non-hydrogen) atoms. The van der Waals surface area contributed by atoms with E-state index in [1.54, 1.807) is 0 Å². The maximum absolute atomic E-state index is 12.6. The molecule has 3 heteroatoms. The van der Waals surface area contributed by atoms with Gasteiger partial charge in [-0.15, -0.1) is 0 Å². The molecule has 8 atom stereocenters. The van der Waals surface area contributed by atoms with Crippen LogP contribution in [0.3, 0.4) is 0 Å². The number of fused-ring (bicyclic) bond motifs is 5. The Hall–Kier alpha value is -0.180. The zero-order chi connectivity index (χ0) is 18.0. The molecule has 0 N–H and O–H groups in total. The van der Waals surface area contributed by atoms with Crippen LogP contribution >= 0.6 is 11.8 Å². The van der Waals surface area contributed by atoms with Gasteiger partial charge < -0.3 is 4.90 Å². The Kier molecular flexibility index (Phi) is 4.49. The van der Waals surface area contributed by atoms with Crippen LogP contribution in [-0.4, -0.2) is 34.9 Å². The maximum Gasteiger partial charge on any atom is 0.222 e. The fraction of sp³-hybridized carbons (Fsp3) is 0.955. The normalized spacial score (nSPS) is 52.5. The van der Waals surface area contributed by atoms with Crippen molar-refractivity contribution in [1.29, 1.82) is 0 Å². The number of piperidine rings is 1. The van der Waals surface area contributed by atoms with Gasteiger partial charge in [0.1, 0.15) is 0 Å². The number of carbonyl (C=O) groups is 1. The highest BCUT2D eigenvalue weighted by Gasteiger charge is 2.63. The largest absolute Gasteiger partial charge is 0.341 e. The van der Waals surface area contributed by atoms with E-state index in [1.807, 2.05) is 0 Å². The monoisotopic (exact) mass is 363 g/mol. The Morgan fingerprint density at radius 2 is 1.92 bits per heavy atom. The molecular weight excluding hydrogens is 326 g/mol.